The fourth-order valence-electron chi connectivity index (χ4n) is 2.15. The average molecular weight is 275 g/mol. The van der Waals surface area contributed by atoms with Gasteiger partial charge < -0.3 is 19.5 Å². The number of aromatic nitrogens is 3. The molecule has 1 aliphatic rings. The van der Waals surface area contributed by atoms with Crippen LogP contribution >= 0.6 is 0 Å². The molecule has 2 aromatic heterocycles. The summed E-state index contributed by atoms with van der Waals surface area (Å²) < 4.78 is 10.1. The van der Waals surface area contributed by atoms with Gasteiger partial charge in [-0.2, -0.15) is 4.98 Å². The molecule has 0 saturated carbocycles. The summed E-state index contributed by atoms with van der Waals surface area (Å²) in [6.45, 7) is 4.28. The molecule has 2 aromatic rings. The summed E-state index contributed by atoms with van der Waals surface area (Å²) in [5.41, 5.74) is 0.818. The van der Waals surface area contributed by atoms with Crippen molar-refractivity contribution in [2.75, 3.05) is 38.2 Å². The largest absolute Gasteiger partial charge is 0.377 e. The Morgan fingerprint density at radius 2 is 2.20 bits per heavy atom. The van der Waals surface area contributed by atoms with Gasteiger partial charge in [0, 0.05) is 39.5 Å². The predicted octanol–water partition coefficient (Wildman–Crippen LogP) is 0.688. The Bertz CT molecular complexity index is 548. The summed E-state index contributed by atoms with van der Waals surface area (Å²) in [6, 6.07) is 3.94. The Balaban J connectivity index is 1.74. The maximum absolute atomic E-state index is 5.18. The van der Waals surface area contributed by atoms with Gasteiger partial charge in [-0.05, 0) is 12.1 Å². The van der Waals surface area contributed by atoms with Crippen LogP contribution in [0.3, 0.4) is 0 Å². The fraction of sp³-hybridized carbons (Fsp3) is 0.462. The molecule has 0 aromatic carbocycles. The van der Waals surface area contributed by atoms with E-state index in [4.69, 9.17) is 9.26 Å². The van der Waals surface area contributed by atoms with E-state index in [9.17, 15) is 0 Å². The molecule has 3 rings (SSSR count). The molecule has 1 N–H and O–H groups in total. The number of nitrogens with one attached hydrogen (secondary N) is 1. The molecule has 1 saturated heterocycles. The van der Waals surface area contributed by atoms with Crippen LogP contribution in [0.25, 0.3) is 11.5 Å². The maximum Gasteiger partial charge on any atom is 0.259 e. The van der Waals surface area contributed by atoms with Crippen LogP contribution in [0, 0.1) is 0 Å². The fourth-order valence-corrected chi connectivity index (χ4v) is 2.15. The number of hydrogen-bond acceptors (Lipinski definition) is 7. The highest BCUT2D eigenvalue weighted by molar-refractivity contribution is 5.54. The van der Waals surface area contributed by atoms with E-state index in [2.05, 4.69) is 25.3 Å². The van der Waals surface area contributed by atoms with Crippen molar-refractivity contribution in [1.82, 2.24) is 20.4 Å². The monoisotopic (exact) mass is 275 g/mol. The van der Waals surface area contributed by atoms with Crippen LogP contribution < -0.4 is 10.2 Å². The van der Waals surface area contributed by atoms with Crippen LogP contribution in [-0.4, -0.2) is 48.4 Å². The van der Waals surface area contributed by atoms with E-state index in [-0.39, 0.29) is 0 Å². The van der Waals surface area contributed by atoms with Crippen LogP contribution in [-0.2, 0) is 11.3 Å². The molecule has 0 spiro atoms. The molecule has 7 nitrogen and oxygen atoms in total. The van der Waals surface area contributed by atoms with E-state index in [0.29, 0.717) is 18.3 Å². The van der Waals surface area contributed by atoms with Crippen molar-refractivity contribution < 1.29 is 9.26 Å². The van der Waals surface area contributed by atoms with Crippen LogP contribution in [0.5, 0.6) is 0 Å². The molecule has 1 aliphatic heterocycles. The van der Waals surface area contributed by atoms with Gasteiger partial charge in [-0.15, -0.1) is 0 Å². The molecule has 0 atom stereocenters. The number of pyridine rings is 1. The summed E-state index contributed by atoms with van der Waals surface area (Å²) in [6.07, 6.45) is 1.77. The first-order valence-corrected chi connectivity index (χ1v) is 6.60. The van der Waals surface area contributed by atoms with E-state index in [0.717, 1.165) is 37.6 Å². The second-order valence-electron chi connectivity index (χ2n) is 4.59. The normalized spacial score (nSPS) is 15.6. The summed E-state index contributed by atoms with van der Waals surface area (Å²) >= 11 is 0. The molecule has 7 heteroatoms. The predicted molar refractivity (Wildman–Crippen MR) is 73.3 cm³/mol. The number of hydrogen-bond donors (Lipinski definition) is 1. The number of rotatable bonds is 4. The lowest BCUT2D eigenvalue weighted by molar-refractivity contribution is 0.174. The number of anilines is 1. The lowest BCUT2D eigenvalue weighted by Gasteiger charge is -2.28. The topological polar surface area (TPSA) is 76.3 Å². The van der Waals surface area contributed by atoms with Crippen LogP contribution in [0.4, 0.5) is 5.82 Å². The molecule has 0 unspecified atom stereocenters. The first kappa shape index (κ1) is 13.0. The van der Waals surface area contributed by atoms with Crippen molar-refractivity contribution >= 4 is 5.82 Å². The van der Waals surface area contributed by atoms with Gasteiger partial charge in [0.15, 0.2) is 5.82 Å². The minimum atomic E-state index is 0.343. The molecule has 0 amide bonds. The number of nitrogens with zero attached hydrogens (tertiary/aromatic N) is 4. The minimum Gasteiger partial charge on any atom is -0.377 e. The number of piperazine rings is 1. The lowest BCUT2D eigenvalue weighted by atomic mass is 10.2. The van der Waals surface area contributed by atoms with Gasteiger partial charge in [0.2, 0.25) is 0 Å². The third-order valence-corrected chi connectivity index (χ3v) is 3.18. The van der Waals surface area contributed by atoms with Crippen LogP contribution in [0.2, 0.25) is 0 Å². The minimum absolute atomic E-state index is 0.343. The molecular weight excluding hydrogens is 258 g/mol. The summed E-state index contributed by atoms with van der Waals surface area (Å²) in [7, 11) is 1.60. The lowest BCUT2D eigenvalue weighted by Crippen LogP contribution is -2.43. The van der Waals surface area contributed by atoms with E-state index >= 15 is 0 Å². The quantitative estimate of drug-likeness (QED) is 0.879. The number of methoxy groups -OCH3 is 1. The van der Waals surface area contributed by atoms with Gasteiger partial charge in [0.05, 0.1) is 5.56 Å². The van der Waals surface area contributed by atoms with Crippen molar-refractivity contribution in [3.05, 3.63) is 24.2 Å². The maximum atomic E-state index is 5.18. The van der Waals surface area contributed by atoms with Gasteiger partial charge in [0.25, 0.3) is 5.89 Å². The molecule has 0 aliphatic carbocycles. The van der Waals surface area contributed by atoms with Crippen molar-refractivity contribution in [2.24, 2.45) is 0 Å². The highest BCUT2D eigenvalue weighted by Gasteiger charge is 2.13. The third-order valence-electron chi connectivity index (χ3n) is 3.18. The van der Waals surface area contributed by atoms with Gasteiger partial charge in [-0.1, -0.05) is 5.16 Å². The van der Waals surface area contributed by atoms with Gasteiger partial charge in [0.1, 0.15) is 12.4 Å². The van der Waals surface area contributed by atoms with Crippen molar-refractivity contribution in [2.45, 2.75) is 6.61 Å². The first-order valence-electron chi connectivity index (χ1n) is 6.60. The first-order chi connectivity index (χ1) is 9.86. The van der Waals surface area contributed by atoms with E-state index in [1.807, 2.05) is 12.1 Å². The van der Waals surface area contributed by atoms with E-state index < -0.39 is 0 Å². The SMILES string of the molecule is COCc1noc(-c2ccc(N3CCNCC3)nc2)n1. The summed E-state index contributed by atoms with van der Waals surface area (Å²) in [4.78, 5) is 11.0. The summed E-state index contributed by atoms with van der Waals surface area (Å²) in [5.74, 6) is 1.98. The average Bonchev–Trinajstić information content (AvgIpc) is 2.97. The highest BCUT2D eigenvalue weighted by Crippen LogP contribution is 2.19. The zero-order chi connectivity index (χ0) is 13.8. The van der Waals surface area contributed by atoms with Gasteiger partial charge in [-0.25, -0.2) is 4.98 Å². The Kier molecular flexibility index (Phi) is 3.89. The van der Waals surface area contributed by atoms with Crippen molar-refractivity contribution in [3.8, 4) is 11.5 Å². The standard InChI is InChI=1S/C13H17N5O2/c1-19-9-11-16-13(20-17-11)10-2-3-12(15-8-10)18-6-4-14-5-7-18/h2-3,8,14H,4-7,9H2,1H3. The Morgan fingerprint density at radius 3 is 2.90 bits per heavy atom. The van der Waals surface area contributed by atoms with Crippen LogP contribution in [0.1, 0.15) is 5.82 Å². The van der Waals surface area contributed by atoms with Crippen LogP contribution in [0.15, 0.2) is 22.9 Å². The van der Waals surface area contributed by atoms with Gasteiger partial charge >= 0.3 is 0 Å². The molecule has 0 radical (unpaired) electrons. The van der Waals surface area contributed by atoms with E-state index in [1.165, 1.54) is 0 Å². The second kappa shape index (κ2) is 5.98. The third kappa shape index (κ3) is 2.78. The smallest absolute Gasteiger partial charge is 0.259 e. The Labute approximate surface area is 117 Å². The summed E-state index contributed by atoms with van der Waals surface area (Å²) in [5, 5.41) is 7.16. The Hall–Kier alpha value is -1.99. The molecule has 20 heavy (non-hydrogen) atoms. The Morgan fingerprint density at radius 1 is 1.35 bits per heavy atom. The molecule has 1 fully saturated rings. The van der Waals surface area contributed by atoms with Gasteiger partial charge in [-0.3, -0.25) is 0 Å². The van der Waals surface area contributed by atoms with Crippen molar-refractivity contribution in [3.63, 3.8) is 0 Å². The zero-order valence-electron chi connectivity index (χ0n) is 11.4. The van der Waals surface area contributed by atoms with Crippen molar-refractivity contribution in [1.29, 1.82) is 0 Å². The zero-order valence-corrected chi connectivity index (χ0v) is 11.4. The molecular formula is C13H17N5O2. The number of ether oxygens (including phenoxy) is 1. The second-order valence-corrected chi connectivity index (χ2v) is 4.59. The molecule has 3 heterocycles. The van der Waals surface area contributed by atoms with E-state index in [1.54, 1.807) is 13.3 Å². The molecule has 106 valence electrons. The molecule has 0 bridgehead atoms. The highest BCUT2D eigenvalue weighted by atomic mass is 16.5.